The van der Waals surface area contributed by atoms with Crippen LogP contribution < -0.4 is 23.7 Å². The van der Waals surface area contributed by atoms with E-state index < -0.39 is 0 Å². The molecule has 3 aromatic carbocycles. The van der Waals surface area contributed by atoms with Gasteiger partial charge in [0, 0.05) is 18.7 Å². The van der Waals surface area contributed by atoms with Crippen molar-refractivity contribution >= 4 is 11.9 Å². The summed E-state index contributed by atoms with van der Waals surface area (Å²) >= 11 is 0. The van der Waals surface area contributed by atoms with Gasteiger partial charge in [-0.15, -0.1) is 0 Å². The number of allylic oxidation sites excluding steroid dienone is 1. The number of aryl methyl sites for hydroxylation is 1. The molecule has 0 amide bonds. The van der Waals surface area contributed by atoms with Crippen LogP contribution in [-0.4, -0.2) is 38.7 Å². The molecule has 180 valence electrons. The first-order valence-electron chi connectivity index (χ1n) is 11.3. The molecule has 3 aromatic rings. The van der Waals surface area contributed by atoms with Crippen LogP contribution in [0.4, 0.5) is 0 Å². The van der Waals surface area contributed by atoms with Gasteiger partial charge < -0.3 is 23.7 Å². The summed E-state index contributed by atoms with van der Waals surface area (Å²) in [6, 6.07) is 15.4. The molecule has 35 heavy (non-hydrogen) atoms. The van der Waals surface area contributed by atoms with Crippen molar-refractivity contribution in [2.75, 3.05) is 28.1 Å². The molecule has 2 aliphatic heterocycles. The Balaban J connectivity index is 1.45. The second-order valence-corrected chi connectivity index (χ2v) is 8.51. The quantitative estimate of drug-likeness (QED) is 0.467. The third kappa shape index (κ3) is 4.19. The van der Waals surface area contributed by atoms with Crippen LogP contribution in [0.5, 0.6) is 28.7 Å². The van der Waals surface area contributed by atoms with Crippen molar-refractivity contribution < 1.29 is 28.5 Å². The van der Waals surface area contributed by atoms with Gasteiger partial charge in [-0.25, -0.2) is 0 Å². The molecule has 0 N–H and O–H groups in total. The van der Waals surface area contributed by atoms with Crippen molar-refractivity contribution in [3.8, 4) is 28.7 Å². The van der Waals surface area contributed by atoms with E-state index in [4.69, 9.17) is 23.7 Å². The van der Waals surface area contributed by atoms with Crippen molar-refractivity contribution in [1.82, 2.24) is 4.90 Å². The van der Waals surface area contributed by atoms with Crippen LogP contribution in [-0.2, 0) is 13.1 Å². The summed E-state index contributed by atoms with van der Waals surface area (Å²) in [6.45, 7) is 3.66. The monoisotopic (exact) mass is 473 g/mol. The second-order valence-electron chi connectivity index (χ2n) is 8.51. The third-order valence-corrected chi connectivity index (χ3v) is 6.27. The van der Waals surface area contributed by atoms with Gasteiger partial charge in [-0.1, -0.05) is 24.3 Å². The fourth-order valence-electron chi connectivity index (χ4n) is 4.53. The molecule has 2 aliphatic rings. The summed E-state index contributed by atoms with van der Waals surface area (Å²) in [5.74, 6) is 3.36. The van der Waals surface area contributed by atoms with Crippen LogP contribution in [0.1, 0.15) is 32.6 Å². The number of fused-ring (bicyclic) bond motifs is 3. The lowest BCUT2D eigenvalue weighted by atomic mass is 9.98. The van der Waals surface area contributed by atoms with Gasteiger partial charge in [-0.05, 0) is 48.4 Å². The SMILES string of the molecule is COc1ccc(CN2COc3cc(C)c4c(c3C2)O/C(=C\c2cccc(OC)c2OC)C4=O)cc1. The minimum Gasteiger partial charge on any atom is -0.497 e. The average Bonchev–Trinajstić information content (AvgIpc) is 3.21. The van der Waals surface area contributed by atoms with E-state index in [1.54, 1.807) is 27.4 Å². The highest BCUT2D eigenvalue weighted by molar-refractivity contribution is 6.16. The molecule has 0 saturated heterocycles. The van der Waals surface area contributed by atoms with Crippen LogP contribution in [0.3, 0.4) is 0 Å². The number of rotatable bonds is 6. The molecule has 0 saturated carbocycles. The molecule has 0 radical (unpaired) electrons. The normalized spacial score (nSPS) is 15.8. The Morgan fingerprint density at radius 3 is 2.54 bits per heavy atom. The molecule has 7 nitrogen and oxygen atoms in total. The summed E-state index contributed by atoms with van der Waals surface area (Å²) in [7, 11) is 4.80. The van der Waals surface area contributed by atoms with Gasteiger partial charge in [0.2, 0.25) is 5.78 Å². The van der Waals surface area contributed by atoms with Gasteiger partial charge in [0.15, 0.2) is 17.3 Å². The van der Waals surface area contributed by atoms with Crippen LogP contribution in [0.25, 0.3) is 6.08 Å². The highest BCUT2D eigenvalue weighted by Gasteiger charge is 2.35. The highest BCUT2D eigenvalue weighted by Crippen LogP contribution is 2.44. The first-order chi connectivity index (χ1) is 17.0. The maximum absolute atomic E-state index is 13.4. The number of para-hydroxylation sites is 1. The Morgan fingerprint density at radius 1 is 1.03 bits per heavy atom. The molecule has 0 aliphatic carbocycles. The number of ketones is 1. The molecule has 2 heterocycles. The predicted octanol–water partition coefficient (Wildman–Crippen LogP) is 4.99. The molecule has 0 unspecified atom stereocenters. The van der Waals surface area contributed by atoms with E-state index in [1.165, 1.54) is 0 Å². The molecular formula is C28H27NO6. The van der Waals surface area contributed by atoms with E-state index in [0.717, 1.165) is 28.2 Å². The highest BCUT2D eigenvalue weighted by atomic mass is 16.5. The van der Waals surface area contributed by atoms with E-state index in [2.05, 4.69) is 4.90 Å². The molecule has 0 spiro atoms. The lowest BCUT2D eigenvalue weighted by molar-refractivity contribution is 0.0872. The van der Waals surface area contributed by atoms with Crippen molar-refractivity contribution in [3.63, 3.8) is 0 Å². The summed E-state index contributed by atoms with van der Waals surface area (Å²) in [6.07, 6.45) is 1.70. The number of carbonyl (C=O) groups excluding carboxylic acids is 1. The minimum atomic E-state index is -0.155. The Hall–Kier alpha value is -3.97. The van der Waals surface area contributed by atoms with Crippen molar-refractivity contribution in [2.24, 2.45) is 0 Å². The smallest absolute Gasteiger partial charge is 0.232 e. The number of methoxy groups -OCH3 is 3. The summed E-state index contributed by atoms with van der Waals surface area (Å²) < 4.78 is 28.4. The summed E-state index contributed by atoms with van der Waals surface area (Å²) in [4.78, 5) is 15.5. The lowest BCUT2D eigenvalue weighted by Gasteiger charge is -2.30. The molecule has 0 bridgehead atoms. The number of hydrogen-bond acceptors (Lipinski definition) is 7. The zero-order chi connectivity index (χ0) is 24.5. The number of nitrogens with zero attached hydrogens (tertiary/aromatic N) is 1. The van der Waals surface area contributed by atoms with Crippen LogP contribution in [0, 0.1) is 6.92 Å². The van der Waals surface area contributed by atoms with Crippen molar-refractivity contribution in [2.45, 2.75) is 20.0 Å². The molecule has 7 heteroatoms. The third-order valence-electron chi connectivity index (χ3n) is 6.27. The minimum absolute atomic E-state index is 0.155. The topological polar surface area (TPSA) is 66.5 Å². The van der Waals surface area contributed by atoms with E-state index in [9.17, 15) is 4.79 Å². The van der Waals surface area contributed by atoms with Crippen molar-refractivity contribution in [3.05, 3.63) is 82.1 Å². The standard InChI is InChI=1S/C28H27NO6/c1-17-12-23-21(15-29(16-34-23)14-18-8-10-20(31-2)11-9-18)28-25(17)26(30)24(35-28)13-19-6-5-7-22(32-3)27(19)33-4/h5-13H,14-16H2,1-4H3/b24-13-. The fourth-order valence-corrected chi connectivity index (χ4v) is 4.53. The number of hydrogen-bond donors (Lipinski definition) is 0. The van der Waals surface area contributed by atoms with Crippen molar-refractivity contribution in [1.29, 1.82) is 0 Å². The van der Waals surface area contributed by atoms with Gasteiger partial charge in [0.05, 0.1) is 32.5 Å². The lowest BCUT2D eigenvalue weighted by Crippen LogP contribution is -2.31. The Morgan fingerprint density at radius 2 is 1.83 bits per heavy atom. The first-order valence-corrected chi connectivity index (χ1v) is 11.3. The first kappa shape index (κ1) is 22.8. The van der Waals surface area contributed by atoms with Gasteiger partial charge >= 0.3 is 0 Å². The van der Waals surface area contributed by atoms with Gasteiger partial charge in [-0.3, -0.25) is 9.69 Å². The summed E-state index contributed by atoms with van der Waals surface area (Å²) in [5.41, 5.74) is 4.12. The molecule has 5 rings (SSSR count). The number of Topliss-reactive ketones (excluding diaryl/α,β-unsaturated/α-hetero) is 1. The van der Waals surface area contributed by atoms with E-state index >= 15 is 0 Å². The van der Waals surface area contributed by atoms with E-state index in [1.807, 2.05) is 55.5 Å². The average molecular weight is 474 g/mol. The fraction of sp³-hybridized carbons (Fsp3) is 0.250. The van der Waals surface area contributed by atoms with E-state index in [-0.39, 0.29) is 11.5 Å². The Labute approximate surface area is 204 Å². The van der Waals surface area contributed by atoms with Crippen LogP contribution >= 0.6 is 0 Å². The predicted molar refractivity (Wildman–Crippen MR) is 131 cm³/mol. The largest absolute Gasteiger partial charge is 0.497 e. The van der Waals surface area contributed by atoms with Gasteiger partial charge in [0.1, 0.15) is 24.0 Å². The zero-order valence-electron chi connectivity index (χ0n) is 20.2. The van der Waals surface area contributed by atoms with Gasteiger partial charge in [-0.2, -0.15) is 0 Å². The maximum atomic E-state index is 13.4. The number of carbonyl (C=O) groups is 1. The molecule has 0 atom stereocenters. The molecule has 0 fully saturated rings. The maximum Gasteiger partial charge on any atom is 0.232 e. The Bertz CT molecular complexity index is 1310. The van der Waals surface area contributed by atoms with Crippen LogP contribution in [0.2, 0.25) is 0 Å². The number of ether oxygens (including phenoxy) is 5. The molecule has 0 aromatic heterocycles. The Kier molecular flexibility index (Phi) is 6.09. The number of benzene rings is 3. The summed E-state index contributed by atoms with van der Waals surface area (Å²) in [5, 5.41) is 0. The second kappa shape index (κ2) is 9.35. The van der Waals surface area contributed by atoms with Gasteiger partial charge in [0.25, 0.3) is 0 Å². The van der Waals surface area contributed by atoms with E-state index in [0.29, 0.717) is 48.2 Å². The van der Waals surface area contributed by atoms with Crippen LogP contribution in [0.15, 0.2) is 54.3 Å². The molecular weight excluding hydrogens is 446 g/mol. The zero-order valence-corrected chi connectivity index (χ0v) is 20.2.